The van der Waals surface area contributed by atoms with E-state index in [9.17, 15) is 19.0 Å². The van der Waals surface area contributed by atoms with Crippen LogP contribution in [0.4, 0.5) is 19.3 Å². The number of aryl methyl sites for hydroxylation is 1. The number of hydrogen-bond donors (Lipinski definition) is 4. The summed E-state index contributed by atoms with van der Waals surface area (Å²) in [5, 5.41) is 16.4. The fraction of sp³-hybridized carbons (Fsp3) is 0.567. The molecule has 3 aliphatic heterocycles. The van der Waals surface area contributed by atoms with Crippen LogP contribution in [0.5, 0.6) is 0 Å². The van der Waals surface area contributed by atoms with E-state index in [1.807, 2.05) is 25.7 Å². The molecule has 1 fully saturated rings. The van der Waals surface area contributed by atoms with Crippen molar-refractivity contribution in [2.24, 2.45) is 10.7 Å². The second-order valence-corrected chi connectivity index (χ2v) is 11.8. The number of amides is 1. The Morgan fingerprint density at radius 2 is 1.98 bits per heavy atom. The van der Waals surface area contributed by atoms with Gasteiger partial charge >= 0.3 is 6.09 Å². The average molecular weight is 572 g/mol. The highest BCUT2D eigenvalue weighted by atomic mass is 19.3. The van der Waals surface area contributed by atoms with Gasteiger partial charge in [0.1, 0.15) is 11.4 Å². The number of ether oxygens (including phenoxy) is 1. The minimum atomic E-state index is -2.73. The van der Waals surface area contributed by atoms with E-state index >= 15 is 0 Å². The minimum absolute atomic E-state index is 0.152. The summed E-state index contributed by atoms with van der Waals surface area (Å²) in [7, 11) is 1.57. The third kappa shape index (κ3) is 7.25. The van der Waals surface area contributed by atoms with Gasteiger partial charge in [-0.2, -0.15) is 0 Å². The average Bonchev–Trinajstić information content (AvgIpc) is 2.94. The molecule has 1 aromatic carbocycles. The molecule has 224 valence electrons. The van der Waals surface area contributed by atoms with Crippen molar-refractivity contribution >= 4 is 29.4 Å². The van der Waals surface area contributed by atoms with E-state index in [1.54, 1.807) is 18.0 Å². The van der Waals surface area contributed by atoms with Crippen molar-refractivity contribution in [1.29, 1.82) is 5.41 Å². The molecule has 4 rings (SSSR count). The highest BCUT2D eigenvalue weighted by Gasteiger charge is 2.33. The van der Waals surface area contributed by atoms with E-state index in [-0.39, 0.29) is 24.0 Å². The zero-order valence-corrected chi connectivity index (χ0v) is 24.5. The topological polar surface area (TPSA) is 119 Å². The second kappa shape index (κ2) is 13.0. The number of piperidine rings is 1. The summed E-state index contributed by atoms with van der Waals surface area (Å²) < 4.78 is 34.3. The maximum absolute atomic E-state index is 14.3. The standard InChI is InChI=1S/C30H43F2N7O2/c1-30(2,3)41-29(40)38-13-9-25(37-21-7-10-36-11-8-21)24(18-38)28(34)39-12-5-6-19-14-22(20(16-33)17-35-4)23(27(31)32)15-26(19)39/h14-17,21,27,34,36-37H,5-13,18,33H2,1-4H3. The Morgan fingerprint density at radius 3 is 2.61 bits per heavy atom. The van der Waals surface area contributed by atoms with E-state index in [1.165, 1.54) is 18.5 Å². The van der Waals surface area contributed by atoms with Gasteiger partial charge in [-0.3, -0.25) is 10.4 Å². The molecule has 0 unspecified atom stereocenters. The van der Waals surface area contributed by atoms with Gasteiger partial charge in [0.25, 0.3) is 6.43 Å². The molecule has 9 nitrogen and oxygen atoms in total. The van der Waals surface area contributed by atoms with Crippen LogP contribution in [0.15, 0.2) is 34.6 Å². The lowest BCUT2D eigenvalue weighted by molar-refractivity contribution is 0.0260. The van der Waals surface area contributed by atoms with Crippen LogP contribution in [0.1, 0.15) is 69.6 Å². The summed E-state index contributed by atoms with van der Waals surface area (Å²) in [5.74, 6) is 0.216. The predicted octanol–water partition coefficient (Wildman–Crippen LogP) is 4.59. The monoisotopic (exact) mass is 571 g/mol. The van der Waals surface area contributed by atoms with Gasteiger partial charge in [0.05, 0.1) is 6.54 Å². The summed E-state index contributed by atoms with van der Waals surface area (Å²) >= 11 is 0. The maximum Gasteiger partial charge on any atom is 0.410 e. The van der Waals surface area contributed by atoms with Crippen LogP contribution in [0, 0.1) is 5.41 Å². The highest BCUT2D eigenvalue weighted by Crippen LogP contribution is 2.38. The first-order valence-electron chi connectivity index (χ1n) is 14.4. The molecule has 0 aromatic heterocycles. The quantitative estimate of drug-likeness (QED) is 0.293. The molecule has 0 spiro atoms. The van der Waals surface area contributed by atoms with Crippen molar-refractivity contribution in [3.8, 4) is 0 Å². The molecule has 0 atom stereocenters. The summed E-state index contributed by atoms with van der Waals surface area (Å²) in [6, 6.07) is 3.52. The van der Waals surface area contributed by atoms with Crippen molar-refractivity contribution in [3.05, 3.63) is 46.3 Å². The highest BCUT2D eigenvalue weighted by molar-refractivity contribution is 6.12. The summed E-state index contributed by atoms with van der Waals surface area (Å²) in [4.78, 5) is 20.4. The smallest absolute Gasteiger partial charge is 0.410 e. The van der Waals surface area contributed by atoms with Crippen LogP contribution in [0.25, 0.3) is 5.57 Å². The van der Waals surface area contributed by atoms with Crippen LogP contribution in [0.3, 0.4) is 0 Å². The fourth-order valence-corrected chi connectivity index (χ4v) is 5.65. The zero-order chi connectivity index (χ0) is 29.7. The number of carbonyl (C=O) groups excluding carboxylic acids is 1. The summed E-state index contributed by atoms with van der Waals surface area (Å²) in [5.41, 5.74) is 8.85. The van der Waals surface area contributed by atoms with E-state index < -0.39 is 18.1 Å². The van der Waals surface area contributed by atoms with Crippen LogP contribution in [0.2, 0.25) is 0 Å². The molecular formula is C30H43F2N7O2. The lowest BCUT2D eigenvalue weighted by Crippen LogP contribution is -2.48. The Hall–Kier alpha value is -3.47. The van der Waals surface area contributed by atoms with E-state index in [0.717, 1.165) is 43.6 Å². The number of rotatable bonds is 6. The molecule has 0 aliphatic carbocycles. The van der Waals surface area contributed by atoms with Gasteiger partial charge in [-0.1, -0.05) is 0 Å². The number of anilines is 1. The third-order valence-corrected chi connectivity index (χ3v) is 7.63. The lowest BCUT2D eigenvalue weighted by Gasteiger charge is -2.39. The van der Waals surface area contributed by atoms with E-state index in [0.29, 0.717) is 48.3 Å². The number of nitrogens with two attached hydrogens (primary N) is 1. The van der Waals surface area contributed by atoms with Gasteiger partial charge in [0.15, 0.2) is 0 Å². The molecule has 0 bridgehead atoms. The molecule has 3 aliphatic rings. The van der Waals surface area contributed by atoms with E-state index in [2.05, 4.69) is 15.6 Å². The number of nitrogens with zero attached hydrogens (tertiary/aromatic N) is 3. The predicted molar refractivity (Wildman–Crippen MR) is 160 cm³/mol. The molecule has 3 heterocycles. The van der Waals surface area contributed by atoms with Gasteiger partial charge in [-0.15, -0.1) is 0 Å². The van der Waals surface area contributed by atoms with Crippen LogP contribution in [-0.4, -0.2) is 74.5 Å². The molecule has 5 N–H and O–H groups in total. The number of nitrogens with one attached hydrogen (secondary N) is 3. The first-order valence-corrected chi connectivity index (χ1v) is 14.4. The molecule has 0 radical (unpaired) electrons. The van der Waals surface area contributed by atoms with Gasteiger partial charge in [0.2, 0.25) is 0 Å². The van der Waals surface area contributed by atoms with Crippen molar-refractivity contribution in [2.75, 3.05) is 44.7 Å². The Labute approximate surface area is 241 Å². The van der Waals surface area contributed by atoms with Gasteiger partial charge in [-0.05, 0) is 82.8 Å². The van der Waals surface area contributed by atoms with Crippen molar-refractivity contribution in [1.82, 2.24) is 15.5 Å². The molecule has 1 amide bonds. The normalized spacial score (nSPS) is 19.1. The van der Waals surface area contributed by atoms with Gasteiger partial charge in [-0.25, -0.2) is 13.6 Å². The first kappa shape index (κ1) is 30.5. The number of allylic oxidation sites excluding steroid dienone is 1. The van der Waals surface area contributed by atoms with E-state index in [4.69, 9.17) is 10.5 Å². The number of aliphatic imine (C=N–C) groups is 1. The Bertz CT molecular complexity index is 1230. The van der Waals surface area contributed by atoms with Crippen LogP contribution >= 0.6 is 0 Å². The van der Waals surface area contributed by atoms with Crippen molar-refractivity contribution < 1.29 is 18.3 Å². The number of amidine groups is 1. The second-order valence-electron chi connectivity index (χ2n) is 11.8. The summed E-state index contributed by atoms with van der Waals surface area (Å²) in [6.45, 7) is 8.52. The minimum Gasteiger partial charge on any atom is -0.444 e. The molecule has 1 saturated heterocycles. The Morgan fingerprint density at radius 1 is 1.24 bits per heavy atom. The van der Waals surface area contributed by atoms with Gasteiger partial charge < -0.3 is 30.9 Å². The first-order chi connectivity index (χ1) is 19.5. The molecule has 0 saturated carbocycles. The number of benzene rings is 1. The maximum atomic E-state index is 14.3. The third-order valence-electron chi connectivity index (χ3n) is 7.63. The fourth-order valence-electron chi connectivity index (χ4n) is 5.65. The van der Waals surface area contributed by atoms with Crippen LogP contribution < -0.4 is 21.3 Å². The zero-order valence-electron chi connectivity index (χ0n) is 24.5. The van der Waals surface area contributed by atoms with Crippen molar-refractivity contribution in [3.63, 3.8) is 0 Å². The SMILES string of the molecule is CN=CC(=CN)c1cc2c(cc1C(F)F)N(C(=N)C1=C(NC3CCNCC3)CCN(C(=O)OC(C)(C)C)C1)CCC2. The molecule has 41 heavy (non-hydrogen) atoms. The van der Waals surface area contributed by atoms with Gasteiger partial charge in [0, 0.05) is 73.1 Å². The Balaban J connectivity index is 1.72. The largest absolute Gasteiger partial charge is 0.444 e. The number of fused-ring (bicyclic) bond motifs is 1. The van der Waals surface area contributed by atoms with Crippen molar-refractivity contribution in [2.45, 2.75) is 70.9 Å². The molecular weight excluding hydrogens is 528 g/mol. The van der Waals surface area contributed by atoms with Crippen LogP contribution in [-0.2, 0) is 11.2 Å². The lowest BCUT2D eigenvalue weighted by atomic mass is 9.91. The number of halogens is 2. The number of carbonyl (C=O) groups is 1. The molecule has 11 heteroatoms. The molecule has 1 aromatic rings. The number of alkyl halides is 2. The summed E-state index contributed by atoms with van der Waals surface area (Å²) in [6.07, 6.45) is 3.55. The number of hydrogen-bond acceptors (Lipinski definition) is 7. The Kier molecular flexibility index (Phi) is 9.68.